The highest BCUT2D eigenvalue weighted by Gasteiger charge is 2.23. The Kier molecular flexibility index (Phi) is 5.86. The van der Waals surface area contributed by atoms with E-state index >= 15 is 0 Å². The Bertz CT molecular complexity index is 219. The van der Waals surface area contributed by atoms with Crippen molar-refractivity contribution in [2.45, 2.75) is 25.3 Å². The van der Waals surface area contributed by atoms with E-state index < -0.39 is 0 Å². The minimum Gasteiger partial charge on any atom is -0.394 e. The van der Waals surface area contributed by atoms with E-state index in [0.29, 0.717) is 0 Å². The van der Waals surface area contributed by atoms with Gasteiger partial charge in [0.1, 0.15) is 0 Å². The van der Waals surface area contributed by atoms with Gasteiger partial charge in [0.2, 0.25) is 0 Å². The molecule has 1 saturated heterocycles. The van der Waals surface area contributed by atoms with Crippen molar-refractivity contribution in [2.24, 2.45) is 5.92 Å². The van der Waals surface area contributed by atoms with E-state index in [-0.39, 0.29) is 12.1 Å². The fourth-order valence-electron chi connectivity index (χ4n) is 2.43. The summed E-state index contributed by atoms with van der Waals surface area (Å²) >= 11 is 0. The number of hydrogen-bond donors (Lipinski definition) is 2. The molecule has 1 rings (SSSR count). The predicted molar refractivity (Wildman–Crippen MR) is 72.3 cm³/mol. The van der Waals surface area contributed by atoms with Crippen LogP contribution in [0.1, 0.15) is 19.8 Å². The number of nitrogens with zero attached hydrogens (tertiary/aromatic N) is 2. The van der Waals surface area contributed by atoms with Crippen LogP contribution in [0, 0.1) is 5.92 Å². The first-order valence-electron chi connectivity index (χ1n) is 6.66. The molecular weight excluding hydrogens is 214 g/mol. The molecular formula is C13H29N3O. The Morgan fingerprint density at radius 3 is 2.71 bits per heavy atom. The number of likely N-dealkylation sites (N-methyl/N-ethyl adjacent to an activating group) is 1. The SMILES string of the molecule is CNC(C)(CO)CCN(C)CC1CCN(C)C1. The van der Waals surface area contributed by atoms with Crippen molar-refractivity contribution in [1.29, 1.82) is 0 Å². The topological polar surface area (TPSA) is 38.7 Å². The van der Waals surface area contributed by atoms with Crippen LogP contribution in [0.15, 0.2) is 0 Å². The van der Waals surface area contributed by atoms with E-state index in [1.165, 1.54) is 26.1 Å². The third kappa shape index (κ3) is 4.92. The summed E-state index contributed by atoms with van der Waals surface area (Å²) in [5.74, 6) is 0.819. The standard InChI is InChI=1S/C13H29N3O/c1-13(11-17,14-2)6-8-16(4)10-12-5-7-15(3)9-12/h12,14,17H,5-11H2,1-4H3. The largest absolute Gasteiger partial charge is 0.394 e. The van der Waals surface area contributed by atoms with Gasteiger partial charge < -0.3 is 20.2 Å². The van der Waals surface area contributed by atoms with Gasteiger partial charge in [-0.25, -0.2) is 0 Å². The summed E-state index contributed by atoms with van der Waals surface area (Å²) in [6.07, 6.45) is 2.31. The maximum absolute atomic E-state index is 9.33. The van der Waals surface area contributed by atoms with Crippen molar-refractivity contribution in [3.63, 3.8) is 0 Å². The van der Waals surface area contributed by atoms with Gasteiger partial charge in [-0.1, -0.05) is 0 Å². The molecule has 1 fully saturated rings. The summed E-state index contributed by atoms with van der Waals surface area (Å²) in [6, 6.07) is 0. The Morgan fingerprint density at radius 2 is 2.24 bits per heavy atom. The Balaban J connectivity index is 2.23. The summed E-state index contributed by atoms with van der Waals surface area (Å²) in [6.45, 7) is 6.96. The van der Waals surface area contributed by atoms with E-state index in [1.807, 2.05) is 7.05 Å². The smallest absolute Gasteiger partial charge is 0.0610 e. The van der Waals surface area contributed by atoms with Crippen molar-refractivity contribution in [3.8, 4) is 0 Å². The van der Waals surface area contributed by atoms with Gasteiger partial charge >= 0.3 is 0 Å². The quantitative estimate of drug-likeness (QED) is 0.671. The van der Waals surface area contributed by atoms with Gasteiger partial charge in [0.05, 0.1) is 6.61 Å². The van der Waals surface area contributed by atoms with Gasteiger partial charge in [0.15, 0.2) is 0 Å². The summed E-state index contributed by atoms with van der Waals surface area (Å²) in [4.78, 5) is 4.80. The van der Waals surface area contributed by atoms with Crippen molar-refractivity contribution < 1.29 is 5.11 Å². The zero-order valence-electron chi connectivity index (χ0n) is 11.9. The molecule has 0 saturated carbocycles. The molecule has 2 N–H and O–H groups in total. The molecule has 2 atom stereocenters. The monoisotopic (exact) mass is 243 g/mol. The molecule has 1 aliphatic rings. The molecule has 0 aromatic carbocycles. The summed E-state index contributed by atoms with van der Waals surface area (Å²) in [5, 5.41) is 12.5. The lowest BCUT2D eigenvalue weighted by atomic mass is 9.99. The van der Waals surface area contributed by atoms with Gasteiger partial charge in [0, 0.05) is 18.6 Å². The zero-order valence-corrected chi connectivity index (χ0v) is 11.9. The normalized spacial score (nSPS) is 25.4. The van der Waals surface area contributed by atoms with Gasteiger partial charge in [-0.05, 0) is 59.9 Å². The predicted octanol–water partition coefficient (Wildman–Crippen LogP) is 0.230. The maximum Gasteiger partial charge on any atom is 0.0610 e. The average molecular weight is 243 g/mol. The summed E-state index contributed by atoms with van der Waals surface area (Å²) in [5.41, 5.74) is -0.138. The van der Waals surface area contributed by atoms with Crippen LogP contribution in [0.2, 0.25) is 0 Å². The fourth-order valence-corrected chi connectivity index (χ4v) is 2.43. The van der Waals surface area contributed by atoms with Crippen LogP contribution in [0.3, 0.4) is 0 Å². The van der Waals surface area contributed by atoms with E-state index in [9.17, 15) is 5.11 Å². The molecule has 1 heterocycles. The number of rotatable bonds is 7. The molecule has 0 aliphatic carbocycles. The minimum atomic E-state index is -0.138. The first-order chi connectivity index (χ1) is 7.99. The molecule has 0 spiro atoms. The van der Waals surface area contributed by atoms with Crippen molar-refractivity contribution in [3.05, 3.63) is 0 Å². The molecule has 102 valence electrons. The Morgan fingerprint density at radius 1 is 1.53 bits per heavy atom. The van der Waals surface area contributed by atoms with E-state index in [1.54, 1.807) is 0 Å². The van der Waals surface area contributed by atoms with Gasteiger partial charge in [-0.15, -0.1) is 0 Å². The van der Waals surface area contributed by atoms with Gasteiger partial charge in [0.25, 0.3) is 0 Å². The average Bonchev–Trinajstić information content (AvgIpc) is 2.72. The molecule has 0 radical (unpaired) electrons. The highest BCUT2D eigenvalue weighted by atomic mass is 16.3. The molecule has 0 aromatic rings. The van der Waals surface area contributed by atoms with Crippen LogP contribution in [0.5, 0.6) is 0 Å². The van der Waals surface area contributed by atoms with Crippen LogP contribution in [-0.2, 0) is 0 Å². The van der Waals surface area contributed by atoms with Gasteiger partial charge in [-0.3, -0.25) is 0 Å². The highest BCUT2D eigenvalue weighted by Crippen LogP contribution is 2.16. The first-order valence-corrected chi connectivity index (χ1v) is 6.66. The third-order valence-electron chi connectivity index (χ3n) is 4.06. The molecule has 0 bridgehead atoms. The zero-order chi connectivity index (χ0) is 12.9. The van der Waals surface area contributed by atoms with E-state index in [0.717, 1.165) is 18.9 Å². The van der Waals surface area contributed by atoms with Crippen molar-refractivity contribution in [1.82, 2.24) is 15.1 Å². The van der Waals surface area contributed by atoms with Crippen LogP contribution in [-0.4, -0.2) is 74.4 Å². The molecule has 1 aliphatic heterocycles. The van der Waals surface area contributed by atoms with E-state index in [2.05, 4.69) is 36.1 Å². The summed E-state index contributed by atoms with van der Waals surface area (Å²) in [7, 11) is 6.30. The van der Waals surface area contributed by atoms with Crippen LogP contribution < -0.4 is 5.32 Å². The lowest BCUT2D eigenvalue weighted by molar-refractivity contribution is 0.154. The lowest BCUT2D eigenvalue weighted by Crippen LogP contribution is -2.46. The van der Waals surface area contributed by atoms with E-state index in [4.69, 9.17) is 0 Å². The highest BCUT2D eigenvalue weighted by molar-refractivity contribution is 4.82. The number of likely N-dealkylation sites (tertiary alicyclic amines) is 1. The van der Waals surface area contributed by atoms with Crippen LogP contribution in [0.4, 0.5) is 0 Å². The van der Waals surface area contributed by atoms with Crippen molar-refractivity contribution >= 4 is 0 Å². The fraction of sp³-hybridized carbons (Fsp3) is 1.00. The minimum absolute atomic E-state index is 0.138. The second kappa shape index (κ2) is 6.69. The van der Waals surface area contributed by atoms with Crippen molar-refractivity contribution in [2.75, 3.05) is 53.9 Å². The molecule has 17 heavy (non-hydrogen) atoms. The van der Waals surface area contributed by atoms with Crippen LogP contribution in [0.25, 0.3) is 0 Å². The molecule has 2 unspecified atom stereocenters. The second-order valence-corrected chi connectivity index (χ2v) is 5.90. The summed E-state index contributed by atoms with van der Waals surface area (Å²) < 4.78 is 0. The first kappa shape index (κ1) is 14.9. The lowest BCUT2D eigenvalue weighted by Gasteiger charge is -2.30. The second-order valence-electron chi connectivity index (χ2n) is 5.90. The Labute approximate surface area is 106 Å². The molecule has 4 heteroatoms. The number of hydrogen-bond acceptors (Lipinski definition) is 4. The van der Waals surface area contributed by atoms with Gasteiger partial charge in [-0.2, -0.15) is 0 Å². The number of aliphatic hydroxyl groups is 1. The Hall–Kier alpha value is -0.160. The molecule has 0 aromatic heterocycles. The number of aliphatic hydroxyl groups excluding tert-OH is 1. The third-order valence-corrected chi connectivity index (χ3v) is 4.06. The number of nitrogens with one attached hydrogen (secondary N) is 1. The van der Waals surface area contributed by atoms with Crippen LogP contribution >= 0.6 is 0 Å². The molecule has 0 amide bonds. The maximum atomic E-state index is 9.33. The molecule has 4 nitrogen and oxygen atoms in total.